The van der Waals surface area contributed by atoms with Crippen LogP contribution in [0.1, 0.15) is 19.8 Å². The fraction of sp³-hybridized carbons (Fsp3) is 0.500. The van der Waals surface area contributed by atoms with Gasteiger partial charge in [0.25, 0.3) is 5.69 Å². The summed E-state index contributed by atoms with van der Waals surface area (Å²) in [6.45, 7) is 3.07. The van der Waals surface area contributed by atoms with Gasteiger partial charge in [0.15, 0.2) is 0 Å². The highest BCUT2D eigenvalue weighted by atomic mass is 32.2. The fourth-order valence-corrected chi connectivity index (χ4v) is 2.45. The molecular weight excluding hydrogens is 324 g/mol. The zero-order chi connectivity index (χ0) is 16.4. The molecule has 0 amide bonds. The Labute approximate surface area is 139 Å². The van der Waals surface area contributed by atoms with Crippen molar-refractivity contribution in [2.45, 2.75) is 25.9 Å². The summed E-state index contributed by atoms with van der Waals surface area (Å²) in [5, 5.41) is 23.5. The van der Waals surface area contributed by atoms with Crippen molar-refractivity contribution in [3.05, 3.63) is 34.4 Å². The average molecular weight is 344 g/mol. The van der Waals surface area contributed by atoms with Gasteiger partial charge in [-0.2, -0.15) is 0 Å². The second kappa shape index (κ2) is 10.4. The lowest BCUT2D eigenvalue weighted by atomic mass is 10.3. The van der Waals surface area contributed by atoms with Crippen molar-refractivity contribution in [3.8, 4) is 5.75 Å². The Bertz CT molecular complexity index is 482. The van der Waals surface area contributed by atoms with E-state index >= 15 is 0 Å². The molecule has 22 heavy (non-hydrogen) atoms. The van der Waals surface area contributed by atoms with Crippen molar-refractivity contribution in [3.63, 3.8) is 0 Å². The van der Waals surface area contributed by atoms with E-state index in [1.165, 1.54) is 36.0 Å². The van der Waals surface area contributed by atoms with Crippen LogP contribution in [0.25, 0.3) is 0 Å². The van der Waals surface area contributed by atoms with Crippen LogP contribution in [0.3, 0.4) is 0 Å². The lowest BCUT2D eigenvalue weighted by molar-refractivity contribution is -0.384. The van der Waals surface area contributed by atoms with Crippen LogP contribution in [-0.2, 0) is 0 Å². The van der Waals surface area contributed by atoms with Gasteiger partial charge in [0.1, 0.15) is 16.7 Å². The van der Waals surface area contributed by atoms with Crippen LogP contribution >= 0.6 is 24.0 Å². The number of thioether (sulfide) groups is 1. The zero-order valence-corrected chi connectivity index (χ0v) is 14.0. The molecule has 1 aromatic carbocycles. The van der Waals surface area contributed by atoms with Crippen LogP contribution in [0, 0.1) is 10.1 Å². The van der Waals surface area contributed by atoms with E-state index in [9.17, 15) is 15.2 Å². The lowest BCUT2D eigenvalue weighted by Gasteiger charge is -2.13. The minimum atomic E-state index is -0.661. The monoisotopic (exact) mass is 344 g/mol. The Morgan fingerprint density at radius 1 is 1.50 bits per heavy atom. The van der Waals surface area contributed by atoms with Crippen molar-refractivity contribution in [2.24, 2.45) is 0 Å². The number of unbranched alkanes of at least 4 members (excludes halogenated alkanes) is 1. The number of nitro benzene ring substituents is 1. The predicted molar refractivity (Wildman–Crippen MR) is 92.6 cm³/mol. The number of hydrogen-bond donors (Lipinski definition) is 2. The molecule has 0 heterocycles. The highest BCUT2D eigenvalue weighted by molar-refractivity contribution is 8.23. The highest BCUT2D eigenvalue weighted by Crippen LogP contribution is 2.17. The molecule has 0 spiro atoms. The molecule has 0 aliphatic carbocycles. The standard InChI is InChI=1S/C14H20N2O4S2/c1-2-3-8-15-14(21)22-10-12(17)9-20-13-6-4-11(5-7-13)16(18)19/h4-7,12,17H,2-3,8-10H2,1H3,(H,15,21). The molecule has 1 unspecified atom stereocenters. The predicted octanol–water partition coefficient (Wildman–Crippen LogP) is 2.74. The number of nitro groups is 1. The molecule has 0 saturated carbocycles. The summed E-state index contributed by atoms with van der Waals surface area (Å²) in [5.41, 5.74) is 0.00644. The summed E-state index contributed by atoms with van der Waals surface area (Å²) < 4.78 is 6.05. The van der Waals surface area contributed by atoms with E-state index in [-0.39, 0.29) is 12.3 Å². The second-order valence-corrected chi connectivity index (χ2v) is 6.29. The van der Waals surface area contributed by atoms with Gasteiger partial charge in [0.2, 0.25) is 0 Å². The number of non-ortho nitro benzene ring substituents is 1. The number of ether oxygens (including phenoxy) is 1. The van der Waals surface area contributed by atoms with Gasteiger partial charge >= 0.3 is 0 Å². The summed E-state index contributed by atoms with van der Waals surface area (Å²) in [6.07, 6.45) is 1.50. The molecular formula is C14H20N2O4S2. The van der Waals surface area contributed by atoms with Crippen molar-refractivity contribution in [1.82, 2.24) is 5.32 Å². The minimum Gasteiger partial charge on any atom is -0.491 e. The minimum absolute atomic E-state index is 0.00644. The Hall–Kier alpha value is -1.38. The van der Waals surface area contributed by atoms with Crippen LogP contribution in [0.5, 0.6) is 5.75 Å². The first-order chi connectivity index (χ1) is 10.5. The van der Waals surface area contributed by atoms with E-state index in [0.29, 0.717) is 15.8 Å². The SMILES string of the molecule is CCCCNC(=S)SCC(O)COc1ccc([N+](=O)[O-])cc1. The number of hydrogen-bond acceptors (Lipinski definition) is 6. The molecule has 1 atom stereocenters. The Morgan fingerprint density at radius 3 is 2.77 bits per heavy atom. The number of nitrogens with zero attached hydrogens (tertiary/aromatic N) is 1. The van der Waals surface area contributed by atoms with E-state index < -0.39 is 11.0 Å². The number of thiocarbonyl (C=S) groups is 1. The first kappa shape index (κ1) is 18.7. The molecule has 2 N–H and O–H groups in total. The fourth-order valence-electron chi connectivity index (χ4n) is 1.49. The maximum atomic E-state index is 10.5. The topological polar surface area (TPSA) is 84.6 Å². The van der Waals surface area contributed by atoms with Crippen molar-refractivity contribution >= 4 is 34.0 Å². The molecule has 0 aliphatic rings. The van der Waals surface area contributed by atoms with Gasteiger partial charge in [-0.3, -0.25) is 10.1 Å². The summed E-state index contributed by atoms with van der Waals surface area (Å²) in [6, 6.07) is 5.75. The smallest absolute Gasteiger partial charge is 0.269 e. The van der Waals surface area contributed by atoms with Crippen LogP contribution in [0.2, 0.25) is 0 Å². The summed E-state index contributed by atoms with van der Waals surface area (Å²) >= 11 is 6.52. The summed E-state index contributed by atoms with van der Waals surface area (Å²) in [4.78, 5) is 10.1. The third kappa shape index (κ3) is 7.58. The van der Waals surface area contributed by atoms with E-state index in [1.807, 2.05) is 0 Å². The Morgan fingerprint density at radius 2 is 2.18 bits per heavy atom. The molecule has 1 rings (SSSR count). The number of rotatable bonds is 9. The molecule has 0 fully saturated rings. The lowest BCUT2D eigenvalue weighted by Crippen LogP contribution is -2.25. The van der Waals surface area contributed by atoms with Crippen LogP contribution in [-0.4, -0.2) is 39.4 Å². The molecule has 1 aromatic rings. The van der Waals surface area contributed by atoms with Gasteiger partial charge in [-0.05, 0) is 18.6 Å². The van der Waals surface area contributed by atoms with Crippen LogP contribution in [0.4, 0.5) is 5.69 Å². The van der Waals surface area contributed by atoms with Crippen molar-refractivity contribution < 1.29 is 14.8 Å². The maximum Gasteiger partial charge on any atom is 0.269 e. The number of benzene rings is 1. The van der Waals surface area contributed by atoms with Crippen molar-refractivity contribution in [2.75, 3.05) is 18.9 Å². The normalized spacial score (nSPS) is 11.7. The number of nitrogens with one attached hydrogen (secondary N) is 1. The molecule has 0 aromatic heterocycles. The van der Waals surface area contributed by atoms with Crippen LogP contribution < -0.4 is 10.1 Å². The average Bonchev–Trinajstić information content (AvgIpc) is 2.51. The number of aliphatic hydroxyl groups is 1. The Balaban J connectivity index is 2.23. The molecule has 8 heteroatoms. The maximum absolute atomic E-state index is 10.5. The van der Waals surface area contributed by atoms with Gasteiger partial charge in [-0.25, -0.2) is 0 Å². The van der Waals surface area contributed by atoms with Crippen molar-refractivity contribution in [1.29, 1.82) is 0 Å². The van der Waals surface area contributed by atoms with Gasteiger partial charge in [-0.15, -0.1) is 0 Å². The number of aliphatic hydroxyl groups excluding tert-OH is 1. The van der Waals surface area contributed by atoms with Gasteiger partial charge in [0.05, 0.1) is 11.0 Å². The van der Waals surface area contributed by atoms with Gasteiger partial charge < -0.3 is 15.2 Å². The first-order valence-electron chi connectivity index (χ1n) is 6.99. The molecule has 122 valence electrons. The van der Waals surface area contributed by atoms with Gasteiger partial charge in [0, 0.05) is 24.4 Å². The summed E-state index contributed by atoms with van der Waals surface area (Å²) in [5.74, 6) is 0.920. The molecule has 0 aliphatic heterocycles. The molecule has 0 bridgehead atoms. The van der Waals surface area contributed by atoms with E-state index in [1.54, 1.807) is 0 Å². The highest BCUT2D eigenvalue weighted by Gasteiger charge is 2.09. The third-order valence-corrected chi connectivity index (χ3v) is 4.15. The van der Waals surface area contributed by atoms with E-state index in [0.717, 1.165) is 19.4 Å². The largest absolute Gasteiger partial charge is 0.491 e. The van der Waals surface area contributed by atoms with E-state index in [2.05, 4.69) is 12.2 Å². The summed E-state index contributed by atoms with van der Waals surface area (Å²) in [7, 11) is 0. The third-order valence-electron chi connectivity index (χ3n) is 2.70. The molecule has 6 nitrogen and oxygen atoms in total. The molecule has 0 radical (unpaired) electrons. The first-order valence-corrected chi connectivity index (χ1v) is 8.38. The second-order valence-electron chi connectivity index (χ2n) is 4.59. The van der Waals surface area contributed by atoms with E-state index in [4.69, 9.17) is 17.0 Å². The quantitative estimate of drug-likeness (QED) is 0.308. The van der Waals surface area contributed by atoms with Gasteiger partial charge in [-0.1, -0.05) is 37.3 Å². The van der Waals surface area contributed by atoms with Crippen LogP contribution in [0.15, 0.2) is 24.3 Å². The Kier molecular flexibility index (Phi) is 8.79. The zero-order valence-electron chi connectivity index (χ0n) is 12.4. The molecule has 0 saturated heterocycles.